The number of hydrogen-bond donors (Lipinski definition) is 1. The van der Waals surface area contributed by atoms with E-state index in [0.717, 1.165) is 4.90 Å². The van der Waals surface area contributed by atoms with Crippen LogP contribution in [0.5, 0.6) is 0 Å². The minimum absolute atomic E-state index is 0.0558. The Morgan fingerprint density at radius 2 is 1.87 bits per heavy atom. The van der Waals surface area contributed by atoms with Crippen LogP contribution >= 0.6 is 42.5 Å². The van der Waals surface area contributed by atoms with Crippen molar-refractivity contribution in [3.63, 3.8) is 0 Å². The fourth-order valence-electron chi connectivity index (χ4n) is 3.27. The van der Waals surface area contributed by atoms with Crippen molar-refractivity contribution in [2.24, 2.45) is 7.05 Å². The summed E-state index contributed by atoms with van der Waals surface area (Å²) in [7, 11) is -1.49. The van der Waals surface area contributed by atoms with Gasteiger partial charge in [0.25, 0.3) is 5.91 Å². The quantitative estimate of drug-likeness (QED) is 0.169. The molecule has 0 saturated carbocycles. The number of halogens is 1. The summed E-state index contributed by atoms with van der Waals surface area (Å²) in [4.78, 5) is 24.4. The van der Waals surface area contributed by atoms with Gasteiger partial charge in [0.05, 0.1) is 19.4 Å². The van der Waals surface area contributed by atoms with Crippen molar-refractivity contribution in [3.8, 4) is 0 Å². The van der Waals surface area contributed by atoms with Gasteiger partial charge < -0.3 is 13.6 Å². The van der Waals surface area contributed by atoms with Crippen LogP contribution in [0, 0.1) is 0 Å². The van der Waals surface area contributed by atoms with Gasteiger partial charge in [0.1, 0.15) is 23.7 Å². The Balaban J connectivity index is 1.57. The highest BCUT2D eigenvalue weighted by Gasteiger charge is 2.26. The molecule has 0 radical (unpaired) electrons. The van der Waals surface area contributed by atoms with E-state index in [2.05, 4.69) is 25.5 Å². The SMILES string of the molecule is CCOP(=O)(Cc1cnc(NC(=O)c2nc(Sc3nncn3C)ccc2Sc2ccc(CF)cc2)s1)OCC. The molecule has 0 unspecified atom stereocenters. The van der Waals surface area contributed by atoms with Gasteiger partial charge in [0.2, 0.25) is 0 Å². The first-order chi connectivity index (χ1) is 18.8. The van der Waals surface area contributed by atoms with Crippen LogP contribution in [0.25, 0.3) is 0 Å². The predicted octanol–water partition coefficient (Wildman–Crippen LogP) is 6.46. The number of alkyl halides is 1. The van der Waals surface area contributed by atoms with E-state index in [1.54, 1.807) is 61.3 Å². The Labute approximate surface area is 237 Å². The number of amides is 1. The zero-order chi connectivity index (χ0) is 27.8. The highest BCUT2D eigenvalue weighted by molar-refractivity contribution is 7.99. The summed E-state index contributed by atoms with van der Waals surface area (Å²) in [6.45, 7) is 3.46. The van der Waals surface area contributed by atoms with Crippen LogP contribution in [0.3, 0.4) is 0 Å². The lowest BCUT2D eigenvalue weighted by Crippen LogP contribution is -2.15. The Morgan fingerprint density at radius 1 is 1.13 bits per heavy atom. The molecule has 206 valence electrons. The third-order valence-corrected chi connectivity index (χ3v) is 10.2. The fraction of sp³-hybridized carbons (Fsp3) is 0.292. The standard InChI is InChI=1S/C24H26FN6O4PS3/c1-4-34-36(33,35-5-2)14-18-13-26-23(38-18)29-22(32)21-19(37-17-8-6-16(12-25)7-9-17)10-11-20(28-21)39-24-30-27-15-31(24)3/h6-11,13,15H,4-5,12,14H2,1-3H3,(H,26,29,32). The zero-order valence-corrected chi connectivity index (χ0v) is 24.7. The number of rotatable bonds is 13. The predicted molar refractivity (Wildman–Crippen MR) is 149 cm³/mol. The fourth-order valence-corrected chi connectivity index (χ4v) is 7.75. The van der Waals surface area contributed by atoms with Crippen molar-refractivity contribution in [2.45, 2.75) is 46.7 Å². The molecule has 0 atom stereocenters. The number of benzene rings is 1. The number of carbonyl (C=O) groups is 1. The van der Waals surface area contributed by atoms with E-state index in [4.69, 9.17) is 9.05 Å². The second-order valence-corrected chi connectivity index (χ2v) is 13.2. The van der Waals surface area contributed by atoms with Gasteiger partial charge in [-0.1, -0.05) is 23.9 Å². The molecule has 0 saturated heterocycles. The average Bonchev–Trinajstić information content (AvgIpc) is 3.53. The summed E-state index contributed by atoms with van der Waals surface area (Å²) in [6, 6.07) is 10.6. The molecular formula is C24H26FN6O4PS3. The first-order valence-electron chi connectivity index (χ1n) is 11.8. The summed E-state index contributed by atoms with van der Waals surface area (Å²) >= 11 is 3.80. The smallest absolute Gasteiger partial charge is 0.311 e. The van der Waals surface area contributed by atoms with Crippen LogP contribution in [0.2, 0.25) is 0 Å². The number of aromatic nitrogens is 5. The van der Waals surface area contributed by atoms with Crippen LogP contribution in [-0.4, -0.2) is 43.9 Å². The van der Waals surface area contributed by atoms with Crippen molar-refractivity contribution in [1.82, 2.24) is 24.7 Å². The minimum atomic E-state index is -3.31. The van der Waals surface area contributed by atoms with Gasteiger partial charge in [0, 0.05) is 27.9 Å². The van der Waals surface area contributed by atoms with Crippen LogP contribution in [-0.2, 0) is 33.5 Å². The highest BCUT2D eigenvalue weighted by atomic mass is 32.2. The summed E-state index contributed by atoms with van der Waals surface area (Å²) in [5.74, 6) is -0.461. The van der Waals surface area contributed by atoms with Crippen LogP contribution in [0.4, 0.5) is 9.52 Å². The van der Waals surface area contributed by atoms with Crippen LogP contribution in [0.15, 0.2) is 68.9 Å². The molecule has 0 bridgehead atoms. The highest BCUT2D eigenvalue weighted by Crippen LogP contribution is 2.52. The number of aryl methyl sites for hydroxylation is 1. The lowest BCUT2D eigenvalue weighted by molar-refractivity contribution is 0.101. The summed E-state index contributed by atoms with van der Waals surface area (Å²) in [5, 5.41) is 12.2. The number of pyridine rings is 1. The molecule has 4 aromatic rings. The first kappa shape index (κ1) is 29.4. The van der Waals surface area contributed by atoms with E-state index < -0.39 is 20.2 Å². The molecule has 39 heavy (non-hydrogen) atoms. The number of nitrogens with one attached hydrogen (secondary N) is 1. The summed E-state index contributed by atoms with van der Waals surface area (Å²) in [6.07, 6.45) is 3.18. The minimum Gasteiger partial charge on any atom is -0.311 e. The zero-order valence-electron chi connectivity index (χ0n) is 21.4. The van der Waals surface area contributed by atoms with Gasteiger partial charge >= 0.3 is 7.60 Å². The van der Waals surface area contributed by atoms with Gasteiger partial charge in [0.15, 0.2) is 10.3 Å². The molecule has 10 nitrogen and oxygen atoms in total. The van der Waals surface area contributed by atoms with Crippen LogP contribution in [0.1, 0.15) is 34.8 Å². The molecule has 1 amide bonds. The number of nitrogens with zero attached hydrogens (tertiary/aromatic N) is 5. The van der Waals surface area contributed by atoms with Gasteiger partial charge in [-0.25, -0.2) is 14.4 Å². The first-order valence-corrected chi connectivity index (χ1v) is 16.0. The molecule has 0 aliphatic heterocycles. The van der Waals surface area contributed by atoms with Crippen molar-refractivity contribution in [2.75, 3.05) is 18.5 Å². The van der Waals surface area contributed by atoms with Gasteiger partial charge in [-0.15, -0.1) is 21.5 Å². The maximum atomic E-state index is 13.4. The molecule has 0 fully saturated rings. The van der Waals surface area contributed by atoms with E-state index in [1.165, 1.54) is 34.9 Å². The average molecular weight is 609 g/mol. The maximum absolute atomic E-state index is 13.4. The Bertz CT molecular complexity index is 1460. The number of anilines is 1. The van der Waals surface area contributed by atoms with Gasteiger partial charge in [-0.3, -0.25) is 14.7 Å². The monoisotopic (exact) mass is 608 g/mol. The second-order valence-electron chi connectivity index (χ2n) is 7.89. The molecular weight excluding hydrogens is 582 g/mol. The molecule has 0 spiro atoms. The molecule has 3 aromatic heterocycles. The molecule has 4 rings (SSSR count). The van der Waals surface area contributed by atoms with E-state index in [9.17, 15) is 13.8 Å². The summed E-state index contributed by atoms with van der Waals surface area (Å²) in [5.41, 5.74) is 0.761. The van der Waals surface area contributed by atoms with Crippen molar-refractivity contribution in [3.05, 3.63) is 65.1 Å². The van der Waals surface area contributed by atoms with E-state index >= 15 is 0 Å². The third-order valence-electron chi connectivity index (χ3n) is 4.99. The number of carbonyl (C=O) groups excluding carboxylic acids is 1. The number of thiazole rings is 1. The second kappa shape index (κ2) is 13.6. The van der Waals surface area contributed by atoms with E-state index in [0.29, 0.717) is 30.7 Å². The molecule has 0 aliphatic carbocycles. The lowest BCUT2D eigenvalue weighted by Gasteiger charge is -2.15. The lowest BCUT2D eigenvalue weighted by atomic mass is 10.2. The maximum Gasteiger partial charge on any atom is 0.335 e. The topological polar surface area (TPSA) is 121 Å². The van der Waals surface area contributed by atoms with Crippen molar-refractivity contribution < 1.29 is 22.8 Å². The number of hydrogen-bond acceptors (Lipinski definition) is 11. The largest absolute Gasteiger partial charge is 0.335 e. The van der Waals surface area contributed by atoms with E-state index in [-0.39, 0.29) is 25.1 Å². The van der Waals surface area contributed by atoms with Gasteiger partial charge in [-0.2, -0.15) is 0 Å². The molecule has 3 heterocycles. The Morgan fingerprint density at radius 3 is 2.51 bits per heavy atom. The van der Waals surface area contributed by atoms with Crippen LogP contribution < -0.4 is 5.32 Å². The Kier molecular flexibility index (Phi) is 10.3. The molecule has 1 aromatic carbocycles. The van der Waals surface area contributed by atoms with Gasteiger partial charge in [-0.05, 0) is 55.4 Å². The third kappa shape index (κ3) is 7.96. The van der Waals surface area contributed by atoms with E-state index in [1.807, 2.05) is 13.1 Å². The van der Waals surface area contributed by atoms with Crippen molar-refractivity contribution >= 4 is 53.5 Å². The Hall–Kier alpha value is -2.61. The molecule has 0 aliphatic rings. The van der Waals surface area contributed by atoms with Crippen molar-refractivity contribution in [1.29, 1.82) is 0 Å². The molecule has 1 N–H and O–H groups in total. The normalized spacial score (nSPS) is 11.6. The molecule has 15 heteroatoms. The summed E-state index contributed by atoms with van der Waals surface area (Å²) < 4.78 is 38.3.